The molecule has 5 heteroatoms. The molecule has 5 nitrogen and oxygen atoms in total. The molecule has 0 bridgehead atoms. The predicted octanol–water partition coefficient (Wildman–Crippen LogP) is 2.22. The van der Waals surface area contributed by atoms with Gasteiger partial charge in [0.15, 0.2) is 0 Å². The number of allylic oxidation sites excluding steroid dienone is 1. The fourth-order valence-electron chi connectivity index (χ4n) is 3.95. The van der Waals surface area contributed by atoms with E-state index in [0.717, 1.165) is 25.7 Å². The smallest absolute Gasteiger partial charge is 0.329 e. The first-order valence-corrected chi connectivity index (χ1v) is 9.72. The van der Waals surface area contributed by atoms with Crippen LogP contribution in [-0.4, -0.2) is 46.7 Å². The molecule has 0 heterocycles. The fourth-order valence-corrected chi connectivity index (χ4v) is 3.95. The molecule has 0 spiro atoms. The summed E-state index contributed by atoms with van der Waals surface area (Å²) >= 11 is 0. The number of carboxylic acids is 1. The Bertz CT molecular complexity index is 660. The molecular formula is C22H30O5. The molecule has 0 radical (unpaired) electrons. The van der Waals surface area contributed by atoms with E-state index in [2.05, 4.69) is 23.7 Å². The molecule has 27 heavy (non-hydrogen) atoms. The van der Waals surface area contributed by atoms with Gasteiger partial charge in [-0.25, -0.2) is 4.79 Å². The summed E-state index contributed by atoms with van der Waals surface area (Å²) in [6.07, 6.45) is 4.69. The van der Waals surface area contributed by atoms with Gasteiger partial charge in [-0.05, 0) is 31.1 Å². The van der Waals surface area contributed by atoms with E-state index in [1.54, 1.807) is 0 Å². The molecule has 0 aromatic carbocycles. The number of hydrogen-bond donors (Lipinski definition) is 3. The Kier molecular flexibility index (Phi) is 8.38. The number of ether oxygens (including phenoxy) is 1. The van der Waals surface area contributed by atoms with Crippen molar-refractivity contribution in [2.45, 2.75) is 58.2 Å². The van der Waals surface area contributed by atoms with Crippen molar-refractivity contribution < 1.29 is 24.9 Å². The number of aliphatic hydroxyl groups excluding tert-OH is 2. The molecule has 0 amide bonds. The van der Waals surface area contributed by atoms with Crippen LogP contribution in [0.15, 0.2) is 11.6 Å². The summed E-state index contributed by atoms with van der Waals surface area (Å²) in [5, 5.41) is 29.2. The molecule has 148 valence electrons. The van der Waals surface area contributed by atoms with Gasteiger partial charge in [-0.3, -0.25) is 0 Å². The highest BCUT2D eigenvalue weighted by Crippen LogP contribution is 2.49. The third-order valence-corrected chi connectivity index (χ3v) is 5.43. The van der Waals surface area contributed by atoms with E-state index < -0.39 is 18.2 Å². The summed E-state index contributed by atoms with van der Waals surface area (Å²) in [5.74, 6) is 11.7. The fraction of sp³-hybridized carbons (Fsp3) is 0.682. The van der Waals surface area contributed by atoms with E-state index in [1.807, 2.05) is 19.9 Å². The Hall–Kier alpha value is -1.79. The first-order valence-electron chi connectivity index (χ1n) is 9.72. The van der Waals surface area contributed by atoms with Gasteiger partial charge in [-0.2, -0.15) is 0 Å². The van der Waals surface area contributed by atoms with Crippen LogP contribution in [0.3, 0.4) is 0 Å². The molecule has 0 saturated heterocycles. The van der Waals surface area contributed by atoms with Crippen molar-refractivity contribution in [1.29, 1.82) is 0 Å². The molecule has 2 rings (SSSR count). The normalized spacial score (nSPS) is 30.0. The highest BCUT2D eigenvalue weighted by molar-refractivity contribution is 5.68. The predicted molar refractivity (Wildman–Crippen MR) is 102 cm³/mol. The van der Waals surface area contributed by atoms with Crippen molar-refractivity contribution in [3.63, 3.8) is 0 Å². The van der Waals surface area contributed by atoms with E-state index in [9.17, 15) is 15.0 Å². The van der Waals surface area contributed by atoms with Crippen LogP contribution in [0.2, 0.25) is 0 Å². The Morgan fingerprint density at radius 2 is 2.15 bits per heavy atom. The lowest BCUT2D eigenvalue weighted by atomic mass is 9.91. The van der Waals surface area contributed by atoms with Crippen LogP contribution in [0, 0.1) is 47.4 Å². The summed E-state index contributed by atoms with van der Waals surface area (Å²) in [5.41, 5.74) is 1.25. The molecular weight excluding hydrogens is 344 g/mol. The molecule has 2 aliphatic carbocycles. The van der Waals surface area contributed by atoms with E-state index in [1.165, 1.54) is 5.57 Å². The number of hydrogen-bond acceptors (Lipinski definition) is 4. The first-order chi connectivity index (χ1) is 12.9. The van der Waals surface area contributed by atoms with Gasteiger partial charge >= 0.3 is 5.97 Å². The zero-order valence-corrected chi connectivity index (χ0v) is 16.1. The molecule has 0 aromatic rings. The molecule has 6 atom stereocenters. The van der Waals surface area contributed by atoms with Gasteiger partial charge in [0.2, 0.25) is 0 Å². The van der Waals surface area contributed by atoms with Crippen LogP contribution in [0.4, 0.5) is 0 Å². The molecule has 2 fully saturated rings. The topological polar surface area (TPSA) is 87.0 Å². The first kappa shape index (κ1) is 21.5. The average molecular weight is 374 g/mol. The molecule has 3 N–H and O–H groups in total. The van der Waals surface area contributed by atoms with Gasteiger partial charge in [-0.15, -0.1) is 11.8 Å². The van der Waals surface area contributed by atoms with Crippen LogP contribution in [0.25, 0.3) is 0 Å². The van der Waals surface area contributed by atoms with E-state index in [4.69, 9.17) is 9.84 Å². The monoisotopic (exact) mass is 374 g/mol. The van der Waals surface area contributed by atoms with Gasteiger partial charge in [0, 0.05) is 24.7 Å². The lowest BCUT2D eigenvalue weighted by Crippen LogP contribution is -2.19. The minimum Gasteiger partial charge on any atom is -0.480 e. The molecule has 0 aliphatic heterocycles. The maximum Gasteiger partial charge on any atom is 0.329 e. The molecule has 2 saturated carbocycles. The van der Waals surface area contributed by atoms with E-state index in [-0.39, 0.29) is 18.4 Å². The molecule has 0 unspecified atom stereocenters. The van der Waals surface area contributed by atoms with Crippen molar-refractivity contribution in [2.75, 3.05) is 13.2 Å². The van der Waals surface area contributed by atoms with Gasteiger partial charge in [0.05, 0.1) is 12.7 Å². The third kappa shape index (κ3) is 6.40. The standard InChI is InChI=1S/C22H30O5/c1-3-4-5-6-15(2)20(23)8-7-18-19-12-16(9-10-27-14-22(25)26)11-17(19)13-21(18)24/h9,15,17-21,23-24H,3,6,10-14H2,1-2H3,(H,25,26)/b16-9+/t15-,17-,18+,19+,20+,21+/m0/s1. The van der Waals surface area contributed by atoms with Crippen LogP contribution in [0.5, 0.6) is 0 Å². The lowest BCUT2D eigenvalue weighted by molar-refractivity contribution is -0.141. The second-order valence-corrected chi connectivity index (χ2v) is 7.55. The lowest BCUT2D eigenvalue weighted by Gasteiger charge is -2.16. The van der Waals surface area contributed by atoms with Gasteiger partial charge in [0.25, 0.3) is 0 Å². The Morgan fingerprint density at radius 3 is 2.85 bits per heavy atom. The quantitative estimate of drug-likeness (QED) is 0.377. The summed E-state index contributed by atoms with van der Waals surface area (Å²) < 4.78 is 5.08. The van der Waals surface area contributed by atoms with Crippen LogP contribution >= 0.6 is 0 Å². The number of carboxylic acid groups (broad SMARTS) is 1. The van der Waals surface area contributed by atoms with Crippen molar-refractivity contribution in [2.24, 2.45) is 23.7 Å². The maximum atomic E-state index is 10.5. The second kappa shape index (κ2) is 10.5. The summed E-state index contributed by atoms with van der Waals surface area (Å²) in [4.78, 5) is 10.5. The minimum atomic E-state index is -0.969. The number of fused-ring (bicyclic) bond motifs is 1. The number of rotatable bonds is 6. The summed E-state index contributed by atoms with van der Waals surface area (Å²) in [7, 11) is 0. The van der Waals surface area contributed by atoms with Crippen LogP contribution in [-0.2, 0) is 9.53 Å². The Balaban J connectivity index is 1.91. The minimum absolute atomic E-state index is 0.0173. The number of aliphatic carboxylic acids is 1. The Morgan fingerprint density at radius 1 is 1.37 bits per heavy atom. The SMILES string of the molecule is CCC#CC[C@H](C)[C@H](O)C#C[C@@H]1[C@@H]2C/C(=C/COCC(=O)O)C[C@H]2C[C@H]1O. The second-order valence-electron chi connectivity index (χ2n) is 7.55. The largest absolute Gasteiger partial charge is 0.480 e. The zero-order chi connectivity index (χ0) is 19.8. The van der Waals surface area contributed by atoms with Crippen molar-refractivity contribution in [1.82, 2.24) is 0 Å². The highest BCUT2D eigenvalue weighted by atomic mass is 16.5. The number of aliphatic hydroxyl groups is 2. The number of carbonyl (C=O) groups is 1. The van der Waals surface area contributed by atoms with Crippen LogP contribution in [0.1, 0.15) is 46.0 Å². The van der Waals surface area contributed by atoms with Crippen molar-refractivity contribution in [3.05, 3.63) is 11.6 Å². The Labute approximate surface area is 161 Å². The highest BCUT2D eigenvalue weighted by Gasteiger charge is 2.45. The van der Waals surface area contributed by atoms with Gasteiger partial charge in [-0.1, -0.05) is 37.3 Å². The summed E-state index contributed by atoms with van der Waals surface area (Å²) in [6, 6.07) is 0. The van der Waals surface area contributed by atoms with Crippen LogP contribution < -0.4 is 0 Å². The third-order valence-electron chi connectivity index (χ3n) is 5.43. The molecule has 0 aromatic heterocycles. The van der Waals surface area contributed by atoms with Crippen molar-refractivity contribution in [3.8, 4) is 23.7 Å². The van der Waals surface area contributed by atoms with E-state index >= 15 is 0 Å². The van der Waals surface area contributed by atoms with Gasteiger partial charge < -0.3 is 20.1 Å². The molecule has 2 aliphatic rings. The van der Waals surface area contributed by atoms with E-state index in [0.29, 0.717) is 24.9 Å². The maximum absolute atomic E-state index is 10.5. The zero-order valence-electron chi connectivity index (χ0n) is 16.1. The summed E-state index contributed by atoms with van der Waals surface area (Å²) in [6.45, 7) is 3.94. The average Bonchev–Trinajstić information content (AvgIpc) is 3.13. The van der Waals surface area contributed by atoms with Gasteiger partial charge in [0.1, 0.15) is 12.7 Å². The van der Waals surface area contributed by atoms with Crippen molar-refractivity contribution >= 4 is 5.97 Å².